The van der Waals surface area contributed by atoms with E-state index >= 15 is 0 Å². The smallest absolute Gasteiger partial charge is 0.240 e. The number of nitrogens with zero attached hydrogens (tertiary/aromatic N) is 3. The van der Waals surface area contributed by atoms with E-state index in [-0.39, 0.29) is 11.2 Å². The zero-order valence-corrected chi connectivity index (χ0v) is 15.7. The summed E-state index contributed by atoms with van der Waals surface area (Å²) in [6, 6.07) is 17.1. The van der Waals surface area contributed by atoms with Crippen LogP contribution in [0.25, 0.3) is 11.4 Å². The van der Waals surface area contributed by atoms with E-state index in [4.69, 9.17) is 4.74 Å². The number of rotatable bonds is 6. The van der Waals surface area contributed by atoms with Crippen LogP contribution in [0.15, 0.2) is 59.8 Å². The lowest BCUT2D eigenvalue weighted by atomic mass is 10.2. The molecule has 0 aliphatic carbocycles. The molecule has 0 spiro atoms. The van der Waals surface area contributed by atoms with E-state index < -0.39 is 0 Å². The number of hydrogen-bond donors (Lipinski definition) is 1. The van der Waals surface area contributed by atoms with E-state index in [2.05, 4.69) is 15.2 Å². The Labute approximate surface area is 156 Å². The summed E-state index contributed by atoms with van der Waals surface area (Å²) in [6.45, 7) is 1.86. The van der Waals surface area contributed by atoms with Crippen LogP contribution in [0, 0.1) is 0 Å². The van der Waals surface area contributed by atoms with Crippen LogP contribution in [0.3, 0.4) is 0 Å². The largest absolute Gasteiger partial charge is 0.497 e. The predicted molar refractivity (Wildman–Crippen MR) is 104 cm³/mol. The first-order valence-electron chi connectivity index (χ1n) is 8.14. The fourth-order valence-electron chi connectivity index (χ4n) is 2.44. The molecule has 134 valence electrons. The first-order valence-corrected chi connectivity index (χ1v) is 9.02. The van der Waals surface area contributed by atoms with Gasteiger partial charge < -0.3 is 9.64 Å². The monoisotopic (exact) mass is 368 g/mol. The van der Waals surface area contributed by atoms with E-state index in [0.717, 1.165) is 17.0 Å². The summed E-state index contributed by atoms with van der Waals surface area (Å²) in [6.07, 6.45) is 0. The fourth-order valence-corrected chi connectivity index (χ4v) is 3.25. The van der Waals surface area contributed by atoms with Gasteiger partial charge in [-0.25, -0.2) is 4.98 Å². The van der Waals surface area contributed by atoms with Crippen LogP contribution < -0.4 is 9.64 Å². The highest BCUT2D eigenvalue weighted by atomic mass is 32.2. The Morgan fingerprint density at radius 2 is 1.85 bits per heavy atom. The second kappa shape index (κ2) is 8.05. The summed E-state index contributed by atoms with van der Waals surface area (Å²) in [5.41, 5.74) is 1.77. The number of nitrogens with one attached hydrogen (secondary N) is 1. The zero-order valence-electron chi connectivity index (χ0n) is 14.8. The number of benzene rings is 2. The highest BCUT2D eigenvalue weighted by Crippen LogP contribution is 2.25. The van der Waals surface area contributed by atoms with Gasteiger partial charge in [0.25, 0.3) is 0 Å². The number of anilines is 1. The molecular formula is C19H20N4O2S. The van der Waals surface area contributed by atoms with Crippen molar-refractivity contribution in [2.75, 3.05) is 19.1 Å². The molecule has 1 atom stereocenters. The fraction of sp³-hybridized carbons (Fsp3) is 0.211. The molecule has 1 N–H and O–H groups in total. The number of amides is 1. The molecule has 0 unspecified atom stereocenters. The molecule has 3 rings (SSSR count). The first-order chi connectivity index (χ1) is 12.6. The van der Waals surface area contributed by atoms with Crippen molar-refractivity contribution in [2.24, 2.45) is 0 Å². The zero-order chi connectivity index (χ0) is 18.5. The van der Waals surface area contributed by atoms with Crippen molar-refractivity contribution in [1.29, 1.82) is 0 Å². The Kier molecular flexibility index (Phi) is 5.58. The van der Waals surface area contributed by atoms with Crippen LogP contribution in [0.4, 0.5) is 5.69 Å². The van der Waals surface area contributed by atoms with Crippen LogP contribution in [0.2, 0.25) is 0 Å². The van der Waals surface area contributed by atoms with E-state index in [9.17, 15) is 4.79 Å². The number of methoxy groups -OCH3 is 1. The normalized spacial score (nSPS) is 11.8. The third-order valence-electron chi connectivity index (χ3n) is 3.93. The van der Waals surface area contributed by atoms with Crippen molar-refractivity contribution in [1.82, 2.24) is 15.2 Å². The second-order valence-corrected chi connectivity index (χ2v) is 7.00. The van der Waals surface area contributed by atoms with Gasteiger partial charge in [-0.1, -0.05) is 30.0 Å². The standard InChI is InChI=1S/C19H20N4O2S/c1-13(18(24)23(2)15-7-5-4-6-8-15)26-19-20-17(21-22-19)14-9-11-16(25-3)12-10-14/h4-13H,1-3H3,(H,20,21,22)/t13-/m1/s1. The molecule has 0 fully saturated rings. The first kappa shape index (κ1) is 18.0. The summed E-state index contributed by atoms with van der Waals surface area (Å²) in [5.74, 6) is 1.44. The van der Waals surface area contributed by atoms with Crippen LogP contribution in [-0.4, -0.2) is 40.5 Å². The minimum atomic E-state index is -0.306. The van der Waals surface area contributed by atoms with E-state index in [1.165, 1.54) is 11.8 Å². The molecule has 3 aromatic rings. The number of carbonyl (C=O) groups is 1. The van der Waals surface area contributed by atoms with Gasteiger partial charge in [-0.2, -0.15) is 0 Å². The quantitative estimate of drug-likeness (QED) is 0.673. The molecule has 1 heterocycles. The molecular weight excluding hydrogens is 348 g/mol. The number of thioether (sulfide) groups is 1. The molecule has 6 nitrogen and oxygen atoms in total. The molecule has 0 saturated heterocycles. The number of H-pyrrole nitrogens is 1. The Balaban J connectivity index is 1.67. The summed E-state index contributed by atoms with van der Waals surface area (Å²) >= 11 is 1.33. The van der Waals surface area contributed by atoms with Crippen molar-refractivity contribution < 1.29 is 9.53 Å². The Morgan fingerprint density at radius 3 is 2.50 bits per heavy atom. The van der Waals surface area contributed by atoms with Gasteiger partial charge in [0.2, 0.25) is 11.1 Å². The van der Waals surface area contributed by atoms with Gasteiger partial charge in [-0.05, 0) is 43.3 Å². The minimum absolute atomic E-state index is 0.00278. The molecule has 0 aliphatic heterocycles. The number of carbonyl (C=O) groups excluding carboxylic acids is 1. The average Bonchev–Trinajstić information content (AvgIpc) is 3.16. The lowest BCUT2D eigenvalue weighted by molar-refractivity contribution is -0.117. The summed E-state index contributed by atoms with van der Waals surface area (Å²) < 4.78 is 5.16. The predicted octanol–water partition coefficient (Wildman–Crippen LogP) is 3.62. The van der Waals surface area contributed by atoms with Crippen molar-refractivity contribution in [2.45, 2.75) is 17.3 Å². The van der Waals surface area contributed by atoms with Gasteiger partial charge >= 0.3 is 0 Å². The van der Waals surface area contributed by atoms with Gasteiger partial charge in [0.05, 0.1) is 12.4 Å². The van der Waals surface area contributed by atoms with Gasteiger partial charge in [0.15, 0.2) is 5.82 Å². The average molecular weight is 368 g/mol. The van der Waals surface area contributed by atoms with Crippen molar-refractivity contribution in [3.8, 4) is 17.1 Å². The maximum atomic E-state index is 12.6. The highest BCUT2D eigenvalue weighted by molar-refractivity contribution is 8.00. The molecule has 2 aromatic carbocycles. The van der Waals surface area contributed by atoms with Crippen molar-refractivity contribution in [3.05, 3.63) is 54.6 Å². The molecule has 7 heteroatoms. The van der Waals surface area contributed by atoms with Gasteiger partial charge in [-0.3, -0.25) is 9.89 Å². The maximum Gasteiger partial charge on any atom is 0.240 e. The third kappa shape index (κ3) is 4.05. The summed E-state index contributed by atoms with van der Waals surface area (Å²) in [4.78, 5) is 18.7. The number of aromatic amines is 1. The Morgan fingerprint density at radius 1 is 1.15 bits per heavy atom. The van der Waals surface area contributed by atoms with E-state index in [0.29, 0.717) is 11.0 Å². The lowest BCUT2D eigenvalue weighted by Crippen LogP contribution is -2.33. The molecule has 0 aliphatic rings. The van der Waals surface area contributed by atoms with Crippen LogP contribution >= 0.6 is 11.8 Å². The number of para-hydroxylation sites is 1. The second-order valence-electron chi connectivity index (χ2n) is 5.69. The van der Waals surface area contributed by atoms with Crippen LogP contribution in [0.5, 0.6) is 5.75 Å². The number of ether oxygens (including phenoxy) is 1. The summed E-state index contributed by atoms with van der Waals surface area (Å²) in [5, 5.41) is 7.37. The molecule has 0 saturated carbocycles. The van der Waals surface area contributed by atoms with Crippen molar-refractivity contribution in [3.63, 3.8) is 0 Å². The van der Waals surface area contributed by atoms with Gasteiger partial charge in [0, 0.05) is 18.3 Å². The molecule has 0 bridgehead atoms. The van der Waals surface area contributed by atoms with E-state index in [1.54, 1.807) is 19.1 Å². The topological polar surface area (TPSA) is 71.1 Å². The number of aromatic nitrogens is 3. The van der Waals surface area contributed by atoms with Gasteiger partial charge in [-0.15, -0.1) is 5.10 Å². The van der Waals surface area contributed by atoms with Crippen molar-refractivity contribution >= 4 is 23.4 Å². The van der Waals surface area contributed by atoms with E-state index in [1.807, 2.05) is 61.5 Å². The maximum absolute atomic E-state index is 12.6. The van der Waals surface area contributed by atoms with Crippen LogP contribution in [-0.2, 0) is 4.79 Å². The molecule has 1 aromatic heterocycles. The third-order valence-corrected chi connectivity index (χ3v) is 4.88. The summed E-state index contributed by atoms with van der Waals surface area (Å²) in [7, 11) is 3.40. The molecule has 26 heavy (non-hydrogen) atoms. The van der Waals surface area contributed by atoms with Crippen LogP contribution in [0.1, 0.15) is 6.92 Å². The Bertz CT molecular complexity index is 865. The minimum Gasteiger partial charge on any atom is -0.497 e. The SMILES string of the molecule is COc1ccc(-c2nc(S[C@H](C)C(=O)N(C)c3ccccc3)n[nH]2)cc1. The highest BCUT2D eigenvalue weighted by Gasteiger charge is 2.21. The number of hydrogen-bond acceptors (Lipinski definition) is 5. The van der Waals surface area contributed by atoms with Gasteiger partial charge in [0.1, 0.15) is 5.75 Å². The lowest BCUT2D eigenvalue weighted by Gasteiger charge is -2.20. The molecule has 1 amide bonds. The Hall–Kier alpha value is -2.80. The molecule has 0 radical (unpaired) electrons.